The Morgan fingerprint density at radius 1 is 1.14 bits per heavy atom. The highest BCUT2D eigenvalue weighted by molar-refractivity contribution is 5.80. The topological polar surface area (TPSA) is 74.6 Å². The summed E-state index contributed by atoms with van der Waals surface area (Å²) in [5.41, 5.74) is 0.791. The summed E-state index contributed by atoms with van der Waals surface area (Å²) in [6.45, 7) is 8.78. The molecule has 0 aromatic carbocycles. The van der Waals surface area contributed by atoms with Gasteiger partial charge in [-0.2, -0.15) is 0 Å². The largest absolute Gasteiger partial charge is 0.478 e. The van der Waals surface area contributed by atoms with E-state index >= 15 is 0 Å². The fourth-order valence-electron chi connectivity index (χ4n) is 7.91. The number of carbonyl (C=O) groups excluding carboxylic acids is 1. The van der Waals surface area contributed by atoms with Crippen molar-refractivity contribution in [2.45, 2.75) is 71.3 Å². The van der Waals surface area contributed by atoms with Crippen LogP contribution in [0.15, 0.2) is 24.3 Å². The van der Waals surface area contributed by atoms with Crippen LogP contribution in [-0.4, -0.2) is 28.1 Å². The Labute approximate surface area is 168 Å². The molecule has 4 nitrogen and oxygen atoms in total. The van der Waals surface area contributed by atoms with Gasteiger partial charge < -0.3 is 10.2 Å². The second kappa shape index (κ2) is 6.83. The van der Waals surface area contributed by atoms with Crippen molar-refractivity contribution in [1.82, 2.24) is 0 Å². The Balaban J connectivity index is 1.61. The zero-order valence-corrected chi connectivity index (χ0v) is 17.2. The van der Waals surface area contributed by atoms with E-state index in [-0.39, 0.29) is 16.7 Å². The van der Waals surface area contributed by atoms with Crippen molar-refractivity contribution in [3.8, 4) is 0 Å². The average molecular weight is 387 g/mol. The van der Waals surface area contributed by atoms with Gasteiger partial charge >= 0.3 is 5.97 Å². The van der Waals surface area contributed by atoms with Crippen LogP contribution >= 0.6 is 0 Å². The van der Waals surface area contributed by atoms with Crippen molar-refractivity contribution < 1.29 is 19.8 Å². The molecule has 4 rings (SSSR count). The number of hydrogen-bond donors (Lipinski definition) is 2. The molecule has 0 bridgehead atoms. The summed E-state index contributed by atoms with van der Waals surface area (Å²) in [7, 11) is 0. The number of carboxylic acid groups (broad SMARTS) is 1. The summed E-state index contributed by atoms with van der Waals surface area (Å²) in [4.78, 5) is 23.0. The monoisotopic (exact) mass is 386 g/mol. The molecule has 0 aliphatic heterocycles. The number of carbonyl (C=O) groups is 2. The molecule has 4 heteroatoms. The SMILES string of the molecule is C=C(C=CC(=O)O)[C@H]1CC[C@H]2[C@@H]3CCC4CC(=O)CC[C@]4(C)[C@H]3CC(O)[C@]12C. The fourth-order valence-corrected chi connectivity index (χ4v) is 7.91. The Morgan fingerprint density at radius 3 is 2.61 bits per heavy atom. The van der Waals surface area contributed by atoms with Gasteiger partial charge in [0.15, 0.2) is 0 Å². The maximum atomic E-state index is 12.0. The lowest BCUT2D eigenvalue weighted by molar-refractivity contribution is -0.164. The molecule has 2 N–H and O–H groups in total. The molecule has 4 fully saturated rings. The molecular formula is C24H34O4. The van der Waals surface area contributed by atoms with Crippen LogP contribution in [0.3, 0.4) is 0 Å². The van der Waals surface area contributed by atoms with Crippen LogP contribution in [0.25, 0.3) is 0 Å². The third-order valence-corrected chi connectivity index (χ3v) is 9.48. The van der Waals surface area contributed by atoms with Crippen LogP contribution in [-0.2, 0) is 9.59 Å². The van der Waals surface area contributed by atoms with Crippen LogP contribution in [0, 0.1) is 40.4 Å². The van der Waals surface area contributed by atoms with E-state index in [1.54, 1.807) is 6.08 Å². The minimum atomic E-state index is -0.955. The van der Waals surface area contributed by atoms with Gasteiger partial charge in [0.25, 0.3) is 0 Å². The lowest BCUT2D eigenvalue weighted by Crippen LogP contribution is -2.58. The van der Waals surface area contributed by atoms with E-state index in [2.05, 4.69) is 20.4 Å². The molecular weight excluding hydrogens is 352 g/mol. The molecule has 0 spiro atoms. The molecule has 0 radical (unpaired) electrons. The average Bonchev–Trinajstić information content (AvgIpc) is 3.00. The minimum absolute atomic E-state index is 0.141. The van der Waals surface area contributed by atoms with Crippen LogP contribution in [0.4, 0.5) is 0 Å². The fraction of sp³-hybridized carbons (Fsp3) is 0.750. The molecule has 0 aromatic rings. The molecule has 0 saturated heterocycles. The number of ketones is 1. The highest BCUT2D eigenvalue weighted by Gasteiger charge is 2.63. The summed E-state index contributed by atoms with van der Waals surface area (Å²) in [5.74, 6) is 1.64. The van der Waals surface area contributed by atoms with Crippen molar-refractivity contribution in [3.05, 3.63) is 24.3 Å². The Morgan fingerprint density at radius 2 is 1.89 bits per heavy atom. The van der Waals surface area contributed by atoms with Gasteiger partial charge in [-0.05, 0) is 73.5 Å². The molecule has 4 saturated carbocycles. The molecule has 154 valence electrons. The zero-order chi connectivity index (χ0) is 20.3. The molecule has 0 amide bonds. The summed E-state index contributed by atoms with van der Waals surface area (Å²) >= 11 is 0. The predicted octanol–water partition coefficient (Wildman–Crippen LogP) is 4.38. The van der Waals surface area contributed by atoms with Crippen molar-refractivity contribution >= 4 is 11.8 Å². The highest BCUT2D eigenvalue weighted by atomic mass is 16.4. The minimum Gasteiger partial charge on any atom is -0.478 e. The number of hydrogen-bond acceptors (Lipinski definition) is 3. The van der Waals surface area contributed by atoms with Gasteiger partial charge in [0, 0.05) is 24.3 Å². The maximum Gasteiger partial charge on any atom is 0.328 e. The number of allylic oxidation sites excluding steroid dienone is 2. The van der Waals surface area contributed by atoms with Gasteiger partial charge in [0.2, 0.25) is 0 Å². The highest BCUT2D eigenvalue weighted by Crippen LogP contribution is 2.68. The van der Waals surface area contributed by atoms with E-state index < -0.39 is 12.1 Å². The lowest BCUT2D eigenvalue weighted by Gasteiger charge is -2.61. The first kappa shape index (κ1) is 19.9. The third kappa shape index (κ3) is 2.82. The third-order valence-electron chi connectivity index (χ3n) is 9.48. The predicted molar refractivity (Wildman–Crippen MR) is 108 cm³/mol. The summed E-state index contributed by atoms with van der Waals surface area (Å²) in [6, 6.07) is 0. The number of aliphatic hydroxyl groups excluding tert-OH is 1. The van der Waals surface area contributed by atoms with E-state index in [4.69, 9.17) is 5.11 Å². The molecule has 0 heterocycles. The van der Waals surface area contributed by atoms with Gasteiger partial charge in [-0.3, -0.25) is 4.79 Å². The summed E-state index contributed by atoms with van der Waals surface area (Å²) in [6.07, 6.45) is 9.98. The van der Waals surface area contributed by atoms with E-state index in [1.165, 1.54) is 6.08 Å². The molecule has 4 aliphatic carbocycles. The number of rotatable bonds is 3. The van der Waals surface area contributed by atoms with Crippen LogP contribution in [0.2, 0.25) is 0 Å². The normalized spacial score (nSPS) is 48.0. The van der Waals surface area contributed by atoms with Gasteiger partial charge in [0.1, 0.15) is 5.78 Å². The van der Waals surface area contributed by atoms with Crippen molar-refractivity contribution in [2.24, 2.45) is 40.4 Å². The molecule has 28 heavy (non-hydrogen) atoms. The van der Waals surface area contributed by atoms with Gasteiger partial charge in [0.05, 0.1) is 6.10 Å². The zero-order valence-electron chi connectivity index (χ0n) is 17.2. The van der Waals surface area contributed by atoms with Crippen molar-refractivity contribution in [3.63, 3.8) is 0 Å². The molecule has 8 atom stereocenters. The van der Waals surface area contributed by atoms with E-state index in [0.29, 0.717) is 35.9 Å². The van der Waals surface area contributed by atoms with Crippen LogP contribution in [0.5, 0.6) is 0 Å². The van der Waals surface area contributed by atoms with Gasteiger partial charge in [-0.15, -0.1) is 0 Å². The quantitative estimate of drug-likeness (QED) is 0.557. The first-order valence-electron chi connectivity index (χ1n) is 11.0. The second-order valence-corrected chi connectivity index (χ2v) is 10.4. The molecule has 2 unspecified atom stereocenters. The number of Topliss-reactive ketones (excluding diaryl/α,β-unsaturated/α-hetero) is 1. The first-order chi connectivity index (χ1) is 13.2. The molecule has 4 aliphatic rings. The maximum absolute atomic E-state index is 12.0. The van der Waals surface area contributed by atoms with Crippen LogP contribution < -0.4 is 0 Å². The summed E-state index contributed by atoms with van der Waals surface area (Å²) < 4.78 is 0. The van der Waals surface area contributed by atoms with Gasteiger partial charge in [-0.25, -0.2) is 4.79 Å². The Kier molecular flexibility index (Phi) is 4.85. The molecule has 0 aromatic heterocycles. The number of carboxylic acids is 1. The number of fused-ring (bicyclic) bond motifs is 5. The van der Waals surface area contributed by atoms with Crippen LogP contribution in [0.1, 0.15) is 65.2 Å². The summed E-state index contributed by atoms with van der Waals surface area (Å²) in [5, 5.41) is 20.3. The smallest absolute Gasteiger partial charge is 0.328 e. The number of aliphatic hydroxyl groups is 1. The lowest BCUT2D eigenvalue weighted by atomic mass is 9.44. The second-order valence-electron chi connectivity index (χ2n) is 10.4. The van der Waals surface area contributed by atoms with Crippen molar-refractivity contribution in [1.29, 1.82) is 0 Å². The van der Waals surface area contributed by atoms with E-state index in [1.807, 2.05) is 0 Å². The van der Waals surface area contributed by atoms with Gasteiger partial charge in [-0.1, -0.05) is 32.1 Å². The van der Waals surface area contributed by atoms with Crippen molar-refractivity contribution in [2.75, 3.05) is 0 Å². The Bertz CT molecular complexity index is 724. The number of aliphatic carboxylic acids is 1. The van der Waals surface area contributed by atoms with E-state index in [9.17, 15) is 14.7 Å². The Hall–Kier alpha value is -1.42. The standard InChI is InChI=1S/C24H34O4/c1-14(4-9-22(27)28)18-7-8-19-17-6-5-15-12-16(25)10-11-23(15,2)20(17)13-21(26)24(18,19)3/h4,9,15,17-21,26H,1,5-8,10-13H2,2-3H3,(H,27,28)/t15?,17-,18+,19-,20-,21?,23-,24+/m0/s1. The van der Waals surface area contributed by atoms with E-state index in [0.717, 1.165) is 50.5 Å². The first-order valence-corrected chi connectivity index (χ1v) is 11.0.